The molecular weight excluding hydrogens is 270 g/mol. The second-order valence-corrected chi connectivity index (χ2v) is 5.32. The molecule has 1 rings (SSSR count). The molecule has 0 bridgehead atoms. The first-order valence-corrected chi connectivity index (χ1v) is 7.06. The van der Waals surface area contributed by atoms with Gasteiger partial charge >= 0.3 is 5.97 Å². The highest BCUT2D eigenvalue weighted by molar-refractivity contribution is 5.95. The number of methoxy groups -OCH3 is 1. The average Bonchev–Trinajstić information content (AvgIpc) is 2.45. The van der Waals surface area contributed by atoms with Gasteiger partial charge in [-0.15, -0.1) is 0 Å². The molecule has 0 fully saturated rings. The third-order valence-electron chi connectivity index (χ3n) is 3.73. The molecule has 0 radical (unpaired) electrons. The van der Waals surface area contributed by atoms with Crippen molar-refractivity contribution >= 4 is 17.6 Å². The van der Waals surface area contributed by atoms with Crippen molar-refractivity contribution in [1.29, 1.82) is 0 Å². The van der Waals surface area contributed by atoms with Crippen LogP contribution in [0.5, 0.6) is 0 Å². The van der Waals surface area contributed by atoms with Gasteiger partial charge in [-0.25, -0.2) is 4.79 Å². The van der Waals surface area contributed by atoms with Gasteiger partial charge in [-0.1, -0.05) is 27.2 Å². The molecule has 1 amide bonds. The summed E-state index contributed by atoms with van der Waals surface area (Å²) >= 11 is 0. The van der Waals surface area contributed by atoms with Gasteiger partial charge in [0.1, 0.15) is 0 Å². The van der Waals surface area contributed by atoms with E-state index in [1.165, 1.54) is 13.2 Å². The third-order valence-corrected chi connectivity index (χ3v) is 3.73. The topological polar surface area (TPSA) is 75.6 Å². The fourth-order valence-corrected chi connectivity index (χ4v) is 2.01. The third kappa shape index (κ3) is 4.86. The monoisotopic (exact) mass is 293 g/mol. The van der Waals surface area contributed by atoms with Crippen molar-refractivity contribution in [3.63, 3.8) is 0 Å². The summed E-state index contributed by atoms with van der Waals surface area (Å²) in [5, 5.41) is 11.9. The van der Waals surface area contributed by atoms with Crippen LogP contribution in [0.1, 0.15) is 43.1 Å². The quantitative estimate of drug-likeness (QED) is 0.809. The lowest BCUT2D eigenvalue weighted by Crippen LogP contribution is -2.25. The van der Waals surface area contributed by atoms with Crippen molar-refractivity contribution in [2.24, 2.45) is 11.8 Å². The predicted octanol–water partition coefficient (Wildman–Crippen LogP) is 3.15. The number of hydrogen-bond acceptors (Lipinski definition) is 3. The number of rotatable bonds is 7. The molecular formula is C16H23NO4. The molecule has 0 aromatic heterocycles. The van der Waals surface area contributed by atoms with E-state index in [4.69, 9.17) is 9.84 Å². The SMILES string of the molecule is CCC(C)C(C)C(=O)Nc1cc(COC)cc(C(=O)O)c1. The summed E-state index contributed by atoms with van der Waals surface area (Å²) in [7, 11) is 1.54. The average molecular weight is 293 g/mol. The highest BCUT2D eigenvalue weighted by Crippen LogP contribution is 2.20. The number of benzene rings is 1. The Labute approximate surface area is 125 Å². The highest BCUT2D eigenvalue weighted by atomic mass is 16.5. The molecule has 5 heteroatoms. The molecule has 0 spiro atoms. The minimum Gasteiger partial charge on any atom is -0.478 e. The molecule has 0 heterocycles. The second kappa shape index (κ2) is 7.78. The highest BCUT2D eigenvalue weighted by Gasteiger charge is 2.19. The number of aromatic carboxylic acids is 1. The molecule has 1 aromatic carbocycles. The first-order chi connectivity index (χ1) is 9.88. The van der Waals surface area contributed by atoms with Crippen molar-refractivity contribution < 1.29 is 19.4 Å². The van der Waals surface area contributed by atoms with E-state index in [9.17, 15) is 9.59 Å². The Morgan fingerprint density at radius 3 is 2.48 bits per heavy atom. The van der Waals surface area contributed by atoms with E-state index in [2.05, 4.69) is 5.32 Å². The van der Waals surface area contributed by atoms with Crippen molar-refractivity contribution in [3.05, 3.63) is 29.3 Å². The molecule has 0 saturated heterocycles. The first-order valence-electron chi connectivity index (χ1n) is 7.06. The molecule has 2 atom stereocenters. The Hall–Kier alpha value is -1.88. The van der Waals surface area contributed by atoms with E-state index < -0.39 is 5.97 Å². The van der Waals surface area contributed by atoms with E-state index in [1.54, 1.807) is 12.1 Å². The van der Waals surface area contributed by atoms with Gasteiger partial charge in [0.05, 0.1) is 12.2 Å². The van der Waals surface area contributed by atoms with Crippen molar-refractivity contribution in [2.75, 3.05) is 12.4 Å². The lowest BCUT2D eigenvalue weighted by Gasteiger charge is -2.18. The van der Waals surface area contributed by atoms with Crippen LogP contribution < -0.4 is 5.32 Å². The zero-order chi connectivity index (χ0) is 16.0. The van der Waals surface area contributed by atoms with Crippen molar-refractivity contribution in [1.82, 2.24) is 0 Å². The summed E-state index contributed by atoms with van der Waals surface area (Å²) in [5.74, 6) is -0.992. The van der Waals surface area contributed by atoms with Gasteiger partial charge in [-0.05, 0) is 29.7 Å². The van der Waals surface area contributed by atoms with Gasteiger partial charge in [0.2, 0.25) is 5.91 Å². The minimum absolute atomic E-state index is 0.102. The Kier molecular flexibility index (Phi) is 6.37. The molecule has 0 aliphatic rings. The maximum absolute atomic E-state index is 12.2. The van der Waals surface area contributed by atoms with Gasteiger partial charge in [-0.2, -0.15) is 0 Å². The number of hydrogen-bond donors (Lipinski definition) is 2. The number of carbonyl (C=O) groups is 2. The summed E-state index contributed by atoms with van der Waals surface area (Å²) in [4.78, 5) is 23.3. The maximum Gasteiger partial charge on any atom is 0.335 e. The summed E-state index contributed by atoms with van der Waals surface area (Å²) < 4.78 is 5.02. The van der Waals surface area contributed by atoms with E-state index in [0.29, 0.717) is 17.9 Å². The molecule has 0 aliphatic heterocycles. The molecule has 5 nitrogen and oxygen atoms in total. The summed E-state index contributed by atoms with van der Waals surface area (Å²) in [5.41, 5.74) is 1.34. The van der Waals surface area contributed by atoms with Crippen LogP contribution in [0.25, 0.3) is 0 Å². The van der Waals surface area contributed by atoms with Gasteiger partial charge in [0.25, 0.3) is 0 Å². The molecule has 116 valence electrons. The summed E-state index contributed by atoms with van der Waals surface area (Å²) in [6, 6.07) is 4.74. The lowest BCUT2D eigenvalue weighted by molar-refractivity contribution is -0.120. The van der Waals surface area contributed by atoms with E-state index in [0.717, 1.165) is 6.42 Å². The number of carboxylic acids is 1. The van der Waals surface area contributed by atoms with Gasteiger partial charge < -0.3 is 15.2 Å². The minimum atomic E-state index is -1.03. The largest absolute Gasteiger partial charge is 0.478 e. The van der Waals surface area contributed by atoms with Gasteiger partial charge in [0.15, 0.2) is 0 Å². The second-order valence-electron chi connectivity index (χ2n) is 5.32. The van der Waals surface area contributed by atoms with Crippen LogP contribution in [0.4, 0.5) is 5.69 Å². The number of nitrogens with one attached hydrogen (secondary N) is 1. The molecule has 0 aliphatic carbocycles. The van der Waals surface area contributed by atoms with E-state index in [-0.39, 0.29) is 23.3 Å². The van der Waals surface area contributed by atoms with Crippen LogP contribution in [-0.2, 0) is 16.1 Å². The van der Waals surface area contributed by atoms with Crippen molar-refractivity contribution in [3.8, 4) is 0 Å². The maximum atomic E-state index is 12.2. The number of ether oxygens (including phenoxy) is 1. The van der Waals surface area contributed by atoms with Gasteiger partial charge in [-0.3, -0.25) is 4.79 Å². The standard InChI is InChI=1S/C16H23NO4/c1-5-10(2)11(3)15(18)17-14-7-12(9-21-4)6-13(8-14)16(19)20/h6-8,10-11H,5,9H2,1-4H3,(H,17,18)(H,19,20). The molecule has 0 saturated carbocycles. The predicted molar refractivity (Wildman–Crippen MR) is 81.4 cm³/mol. The number of carbonyl (C=O) groups excluding carboxylic acids is 1. The Bertz CT molecular complexity index is 513. The zero-order valence-electron chi connectivity index (χ0n) is 13.0. The van der Waals surface area contributed by atoms with E-state index >= 15 is 0 Å². The fourth-order valence-electron chi connectivity index (χ4n) is 2.01. The summed E-state index contributed by atoms with van der Waals surface area (Å²) in [6.45, 7) is 6.23. The van der Waals surface area contributed by atoms with Crippen LogP contribution in [0.3, 0.4) is 0 Å². The van der Waals surface area contributed by atoms with Crippen molar-refractivity contribution in [2.45, 2.75) is 33.8 Å². The molecule has 2 unspecified atom stereocenters. The van der Waals surface area contributed by atoms with Crippen LogP contribution in [-0.4, -0.2) is 24.1 Å². The lowest BCUT2D eigenvalue weighted by atomic mass is 9.93. The van der Waals surface area contributed by atoms with Gasteiger partial charge in [0, 0.05) is 18.7 Å². The molecule has 1 aromatic rings. The van der Waals surface area contributed by atoms with Crippen LogP contribution >= 0.6 is 0 Å². The normalized spacial score (nSPS) is 13.5. The zero-order valence-corrected chi connectivity index (χ0v) is 13.0. The number of anilines is 1. The smallest absolute Gasteiger partial charge is 0.335 e. The molecule has 21 heavy (non-hydrogen) atoms. The van der Waals surface area contributed by atoms with Crippen LogP contribution in [0, 0.1) is 11.8 Å². The Morgan fingerprint density at radius 2 is 1.95 bits per heavy atom. The number of carboxylic acid groups (broad SMARTS) is 1. The Morgan fingerprint density at radius 1 is 1.29 bits per heavy atom. The molecule has 2 N–H and O–H groups in total. The number of amides is 1. The fraction of sp³-hybridized carbons (Fsp3) is 0.500. The van der Waals surface area contributed by atoms with Crippen LogP contribution in [0.2, 0.25) is 0 Å². The first kappa shape index (κ1) is 17.2. The van der Waals surface area contributed by atoms with Crippen LogP contribution in [0.15, 0.2) is 18.2 Å². The van der Waals surface area contributed by atoms with E-state index in [1.807, 2.05) is 20.8 Å². The summed E-state index contributed by atoms with van der Waals surface area (Å²) in [6.07, 6.45) is 0.915. The Balaban J connectivity index is 2.96.